The molecule has 0 radical (unpaired) electrons. The van der Waals surface area contributed by atoms with Gasteiger partial charge in [-0.25, -0.2) is 4.39 Å². The molecule has 0 aliphatic carbocycles. The summed E-state index contributed by atoms with van der Waals surface area (Å²) < 4.78 is 18.2. The minimum atomic E-state index is -0.795. The van der Waals surface area contributed by atoms with Crippen LogP contribution in [0.1, 0.15) is 24.2 Å². The van der Waals surface area contributed by atoms with Gasteiger partial charge in [0.15, 0.2) is 0 Å². The molecule has 0 fully saturated rings. The summed E-state index contributed by atoms with van der Waals surface area (Å²) in [4.78, 5) is 25.2. The lowest BCUT2D eigenvalue weighted by molar-refractivity contribution is -0.118. The van der Waals surface area contributed by atoms with E-state index in [-0.39, 0.29) is 11.5 Å². The fourth-order valence-corrected chi connectivity index (χ4v) is 3.42. The van der Waals surface area contributed by atoms with Crippen molar-refractivity contribution in [1.29, 1.82) is 0 Å². The molecule has 2 N–H and O–H groups in total. The van der Waals surface area contributed by atoms with E-state index in [4.69, 9.17) is 4.74 Å². The lowest BCUT2D eigenvalue weighted by atomic mass is 10.0. The molecule has 3 rings (SSSR count). The van der Waals surface area contributed by atoms with Gasteiger partial charge in [-0.1, -0.05) is 25.2 Å². The van der Waals surface area contributed by atoms with Crippen LogP contribution in [0.15, 0.2) is 48.5 Å². The van der Waals surface area contributed by atoms with Gasteiger partial charge in [-0.05, 0) is 54.4 Å². The van der Waals surface area contributed by atoms with E-state index in [0.717, 1.165) is 11.3 Å². The molecule has 0 bridgehead atoms. The zero-order valence-corrected chi connectivity index (χ0v) is 17.5. The first-order chi connectivity index (χ1) is 14.4. The van der Waals surface area contributed by atoms with Gasteiger partial charge in [-0.15, -0.1) is 10.2 Å². The van der Waals surface area contributed by atoms with Gasteiger partial charge in [0.2, 0.25) is 11.0 Å². The van der Waals surface area contributed by atoms with Gasteiger partial charge in [0.05, 0.1) is 7.11 Å². The number of aromatic nitrogens is 2. The summed E-state index contributed by atoms with van der Waals surface area (Å²) in [6.07, 6.45) is 0. The Labute approximate surface area is 177 Å². The number of amides is 2. The highest BCUT2D eigenvalue weighted by molar-refractivity contribution is 7.18. The molecule has 3 aromatic rings. The maximum atomic E-state index is 13.1. The fourth-order valence-electron chi connectivity index (χ4n) is 2.67. The Kier molecular flexibility index (Phi) is 6.73. The van der Waals surface area contributed by atoms with Crippen molar-refractivity contribution < 1.29 is 18.7 Å². The van der Waals surface area contributed by atoms with Gasteiger partial charge >= 0.3 is 0 Å². The number of halogens is 1. The molecule has 1 heterocycles. The molecule has 0 aliphatic heterocycles. The molecule has 7 nitrogen and oxygen atoms in total. The molecule has 2 amide bonds. The summed E-state index contributed by atoms with van der Waals surface area (Å²) in [5.74, 6) is -0.747. The Morgan fingerprint density at radius 1 is 1.03 bits per heavy atom. The van der Waals surface area contributed by atoms with Crippen LogP contribution < -0.4 is 15.4 Å². The number of anilines is 1. The van der Waals surface area contributed by atoms with Crippen molar-refractivity contribution in [3.8, 4) is 16.3 Å². The minimum Gasteiger partial charge on any atom is -0.497 e. The highest BCUT2D eigenvalue weighted by atomic mass is 32.1. The van der Waals surface area contributed by atoms with Crippen LogP contribution >= 0.6 is 11.3 Å². The molecule has 156 valence electrons. The van der Waals surface area contributed by atoms with E-state index < -0.39 is 23.7 Å². The normalized spacial score (nSPS) is 11.8. The molecule has 1 aromatic heterocycles. The lowest BCUT2D eigenvalue weighted by Crippen LogP contribution is -2.47. The predicted molar refractivity (Wildman–Crippen MR) is 113 cm³/mol. The molecule has 9 heteroatoms. The van der Waals surface area contributed by atoms with Crippen molar-refractivity contribution in [2.24, 2.45) is 5.92 Å². The number of hydrogen-bond donors (Lipinski definition) is 2. The van der Waals surface area contributed by atoms with Crippen LogP contribution in [0, 0.1) is 11.7 Å². The minimum absolute atomic E-state index is 0.177. The third-order valence-corrected chi connectivity index (χ3v) is 5.22. The van der Waals surface area contributed by atoms with Gasteiger partial charge in [0.25, 0.3) is 5.91 Å². The van der Waals surface area contributed by atoms with Crippen molar-refractivity contribution in [2.45, 2.75) is 19.9 Å². The number of hydrogen-bond acceptors (Lipinski definition) is 6. The van der Waals surface area contributed by atoms with Crippen molar-refractivity contribution in [3.05, 3.63) is 59.9 Å². The first-order valence-corrected chi connectivity index (χ1v) is 10.0. The quantitative estimate of drug-likeness (QED) is 0.598. The first kappa shape index (κ1) is 21.4. The number of carbonyl (C=O) groups is 2. The molecule has 1 unspecified atom stereocenters. The van der Waals surface area contributed by atoms with E-state index in [9.17, 15) is 14.0 Å². The molecule has 0 aliphatic rings. The maximum Gasteiger partial charge on any atom is 0.251 e. The van der Waals surface area contributed by atoms with Gasteiger partial charge in [0.1, 0.15) is 22.6 Å². The Morgan fingerprint density at radius 3 is 2.30 bits per heavy atom. The Balaban J connectivity index is 1.68. The number of benzene rings is 2. The molecule has 0 saturated carbocycles. The van der Waals surface area contributed by atoms with Crippen LogP contribution in [0.5, 0.6) is 5.75 Å². The van der Waals surface area contributed by atoms with Crippen LogP contribution in [0.2, 0.25) is 0 Å². The van der Waals surface area contributed by atoms with Crippen molar-refractivity contribution in [2.75, 3.05) is 12.4 Å². The maximum absolute atomic E-state index is 13.1. The summed E-state index contributed by atoms with van der Waals surface area (Å²) in [6.45, 7) is 3.64. The van der Waals surface area contributed by atoms with Gasteiger partial charge < -0.3 is 10.1 Å². The average Bonchev–Trinajstić information content (AvgIpc) is 3.20. The van der Waals surface area contributed by atoms with Crippen LogP contribution in [0.4, 0.5) is 9.52 Å². The highest BCUT2D eigenvalue weighted by Crippen LogP contribution is 2.28. The number of nitrogens with one attached hydrogen (secondary N) is 2. The number of rotatable bonds is 7. The summed E-state index contributed by atoms with van der Waals surface area (Å²) >= 11 is 1.22. The Hall–Kier alpha value is -3.33. The van der Waals surface area contributed by atoms with Crippen LogP contribution in [-0.4, -0.2) is 35.2 Å². The second-order valence-corrected chi connectivity index (χ2v) is 7.81. The topological polar surface area (TPSA) is 93.2 Å². The molecule has 0 spiro atoms. The van der Waals surface area contributed by atoms with E-state index >= 15 is 0 Å². The molecule has 1 atom stereocenters. The molecule has 30 heavy (non-hydrogen) atoms. The fraction of sp³-hybridized carbons (Fsp3) is 0.238. The summed E-state index contributed by atoms with van der Waals surface area (Å²) in [7, 11) is 1.59. The van der Waals surface area contributed by atoms with Crippen LogP contribution in [-0.2, 0) is 4.79 Å². The predicted octanol–water partition coefficient (Wildman–Crippen LogP) is 3.75. The van der Waals surface area contributed by atoms with E-state index in [0.29, 0.717) is 10.1 Å². The van der Waals surface area contributed by atoms with E-state index in [1.165, 1.54) is 35.6 Å². The monoisotopic (exact) mass is 428 g/mol. The van der Waals surface area contributed by atoms with E-state index in [2.05, 4.69) is 20.8 Å². The van der Waals surface area contributed by atoms with Crippen LogP contribution in [0.25, 0.3) is 10.6 Å². The third-order valence-electron chi connectivity index (χ3n) is 4.33. The van der Waals surface area contributed by atoms with Crippen molar-refractivity contribution >= 4 is 28.3 Å². The summed E-state index contributed by atoms with van der Waals surface area (Å²) in [5.41, 5.74) is 1.12. The van der Waals surface area contributed by atoms with Crippen molar-refractivity contribution in [3.63, 3.8) is 0 Å². The van der Waals surface area contributed by atoms with Gasteiger partial charge in [-0.3, -0.25) is 14.9 Å². The standard InChI is InChI=1S/C21H21FN4O3S/c1-12(2)17(23-18(27)13-4-8-15(22)9-5-13)19(28)24-21-26-25-20(30-21)14-6-10-16(29-3)11-7-14/h4-12,17H,1-3H3,(H,23,27)(H,24,26,28). The van der Waals surface area contributed by atoms with E-state index in [1.54, 1.807) is 7.11 Å². The number of carbonyl (C=O) groups excluding carboxylic acids is 2. The van der Waals surface area contributed by atoms with Crippen LogP contribution in [0.3, 0.4) is 0 Å². The average molecular weight is 428 g/mol. The first-order valence-electron chi connectivity index (χ1n) is 9.22. The van der Waals surface area contributed by atoms with Gasteiger partial charge in [-0.2, -0.15) is 0 Å². The summed E-state index contributed by atoms with van der Waals surface area (Å²) in [5, 5.41) is 14.5. The second-order valence-electron chi connectivity index (χ2n) is 6.83. The Bertz CT molecular complexity index is 1020. The Morgan fingerprint density at radius 2 is 1.70 bits per heavy atom. The largest absolute Gasteiger partial charge is 0.497 e. The molecular formula is C21H21FN4O3S. The lowest BCUT2D eigenvalue weighted by Gasteiger charge is -2.21. The third kappa shape index (κ3) is 5.18. The highest BCUT2D eigenvalue weighted by Gasteiger charge is 2.26. The number of ether oxygens (including phenoxy) is 1. The second kappa shape index (κ2) is 9.45. The SMILES string of the molecule is COc1ccc(-c2nnc(NC(=O)C(NC(=O)c3ccc(F)cc3)C(C)C)s2)cc1. The molecule has 2 aromatic carbocycles. The number of nitrogens with zero attached hydrogens (tertiary/aromatic N) is 2. The smallest absolute Gasteiger partial charge is 0.251 e. The van der Waals surface area contributed by atoms with Gasteiger partial charge in [0, 0.05) is 11.1 Å². The van der Waals surface area contributed by atoms with E-state index in [1.807, 2.05) is 38.1 Å². The zero-order valence-electron chi connectivity index (χ0n) is 16.7. The number of methoxy groups -OCH3 is 1. The summed E-state index contributed by atoms with van der Waals surface area (Å²) in [6, 6.07) is 11.7. The van der Waals surface area contributed by atoms with Crippen molar-refractivity contribution in [1.82, 2.24) is 15.5 Å². The zero-order chi connectivity index (χ0) is 21.7. The molecule has 0 saturated heterocycles. The molecular weight excluding hydrogens is 407 g/mol.